The number of hydrogen-bond acceptors (Lipinski definition) is 8. The van der Waals surface area contributed by atoms with Crippen molar-refractivity contribution in [2.24, 2.45) is 0 Å². The van der Waals surface area contributed by atoms with Crippen molar-refractivity contribution in [3.63, 3.8) is 0 Å². The fourth-order valence-electron chi connectivity index (χ4n) is 4.89. The van der Waals surface area contributed by atoms with Crippen LogP contribution < -0.4 is 15.0 Å². The van der Waals surface area contributed by atoms with Gasteiger partial charge in [0, 0.05) is 43.3 Å². The van der Waals surface area contributed by atoms with Crippen LogP contribution in [0.4, 0.5) is 14.6 Å². The van der Waals surface area contributed by atoms with Gasteiger partial charge in [0.2, 0.25) is 0 Å². The standard InChI is InChI=1S/C24H29F2N5O3/c1-13-17-10-16(32-3)11-18(25)22(17)29-23(21(13)24-27-14(2)30-34-24)31-7-4-20(19(26)12-31)28-15-5-8-33-9-6-15/h10-11,15,19-20,28H,4-9,12H2,1-3H3/t19-,20+/m0/s1. The van der Waals surface area contributed by atoms with E-state index in [1.54, 1.807) is 13.0 Å². The molecular weight excluding hydrogens is 444 g/mol. The molecule has 34 heavy (non-hydrogen) atoms. The van der Waals surface area contributed by atoms with E-state index in [1.807, 2.05) is 11.8 Å². The van der Waals surface area contributed by atoms with Gasteiger partial charge < -0.3 is 24.2 Å². The number of pyridine rings is 1. The van der Waals surface area contributed by atoms with Gasteiger partial charge in [-0.25, -0.2) is 13.8 Å². The van der Waals surface area contributed by atoms with Gasteiger partial charge in [-0.05, 0) is 44.7 Å². The molecular formula is C24H29F2N5O3. The summed E-state index contributed by atoms with van der Waals surface area (Å²) in [6, 6.07) is 3.07. The van der Waals surface area contributed by atoms with Gasteiger partial charge in [-0.3, -0.25) is 0 Å². The summed E-state index contributed by atoms with van der Waals surface area (Å²) in [5.41, 5.74) is 1.51. The Morgan fingerprint density at radius 1 is 1.15 bits per heavy atom. The zero-order valence-electron chi connectivity index (χ0n) is 19.6. The van der Waals surface area contributed by atoms with E-state index < -0.39 is 12.0 Å². The molecule has 5 rings (SSSR count). The number of anilines is 1. The van der Waals surface area contributed by atoms with Crippen molar-refractivity contribution in [3.8, 4) is 17.2 Å². The summed E-state index contributed by atoms with van der Waals surface area (Å²) >= 11 is 0. The molecule has 0 bridgehead atoms. The number of nitrogens with zero attached hydrogens (tertiary/aromatic N) is 4. The summed E-state index contributed by atoms with van der Waals surface area (Å²) in [5.74, 6) is 1.09. The molecule has 2 saturated heterocycles. The molecule has 1 N–H and O–H groups in total. The fraction of sp³-hybridized carbons (Fsp3) is 0.542. The van der Waals surface area contributed by atoms with E-state index in [0.29, 0.717) is 54.5 Å². The summed E-state index contributed by atoms with van der Waals surface area (Å²) in [4.78, 5) is 10.9. The maximum atomic E-state index is 15.4. The number of aromatic nitrogens is 3. The first kappa shape index (κ1) is 22.9. The van der Waals surface area contributed by atoms with E-state index in [4.69, 9.17) is 14.0 Å². The van der Waals surface area contributed by atoms with Crippen molar-refractivity contribution in [3.05, 3.63) is 29.3 Å². The number of ether oxygens (including phenoxy) is 2. The van der Waals surface area contributed by atoms with Gasteiger partial charge in [-0.15, -0.1) is 0 Å². The second-order valence-electron chi connectivity index (χ2n) is 9.00. The van der Waals surface area contributed by atoms with Crippen LogP contribution in [0.25, 0.3) is 22.4 Å². The number of aryl methyl sites for hydroxylation is 2. The molecule has 8 nitrogen and oxygen atoms in total. The smallest absolute Gasteiger partial charge is 0.261 e. The number of methoxy groups -OCH3 is 1. The predicted octanol–water partition coefficient (Wildman–Crippen LogP) is 3.73. The minimum absolute atomic E-state index is 0.136. The SMILES string of the molecule is COc1cc(F)c2nc(N3CC[C@@H](NC4CCOCC4)[C@@H](F)C3)c(-c3nc(C)no3)c(C)c2c1. The summed E-state index contributed by atoms with van der Waals surface area (Å²) in [7, 11) is 1.49. The van der Waals surface area contributed by atoms with Crippen LogP contribution in [0.15, 0.2) is 16.7 Å². The lowest BCUT2D eigenvalue weighted by atomic mass is 9.98. The molecule has 0 aliphatic carbocycles. The van der Waals surface area contributed by atoms with E-state index in [1.165, 1.54) is 13.2 Å². The van der Waals surface area contributed by atoms with E-state index in [-0.39, 0.29) is 30.0 Å². The summed E-state index contributed by atoms with van der Waals surface area (Å²) in [6.45, 7) is 5.69. The first-order valence-corrected chi connectivity index (χ1v) is 11.7. The van der Waals surface area contributed by atoms with Crippen LogP contribution in [-0.4, -0.2) is 66.8 Å². The number of rotatable bonds is 5. The number of benzene rings is 1. The van der Waals surface area contributed by atoms with Crippen molar-refractivity contribution in [2.75, 3.05) is 38.3 Å². The Morgan fingerprint density at radius 3 is 2.62 bits per heavy atom. The number of hydrogen-bond donors (Lipinski definition) is 1. The van der Waals surface area contributed by atoms with Crippen molar-refractivity contribution in [1.82, 2.24) is 20.4 Å². The fourth-order valence-corrected chi connectivity index (χ4v) is 4.89. The van der Waals surface area contributed by atoms with Crippen molar-refractivity contribution in [2.45, 2.75) is 51.4 Å². The molecule has 182 valence electrons. The second-order valence-corrected chi connectivity index (χ2v) is 9.00. The highest BCUT2D eigenvalue weighted by Gasteiger charge is 2.34. The van der Waals surface area contributed by atoms with Crippen molar-refractivity contribution < 1.29 is 22.8 Å². The Labute approximate surface area is 196 Å². The Bertz CT molecular complexity index is 1180. The van der Waals surface area contributed by atoms with Crippen LogP contribution in [0.3, 0.4) is 0 Å². The average Bonchev–Trinajstić information content (AvgIpc) is 3.27. The van der Waals surface area contributed by atoms with Crippen LogP contribution in [0.1, 0.15) is 30.7 Å². The van der Waals surface area contributed by atoms with Crippen molar-refractivity contribution >= 4 is 16.7 Å². The molecule has 10 heteroatoms. The molecule has 0 radical (unpaired) electrons. The second kappa shape index (κ2) is 9.42. The lowest BCUT2D eigenvalue weighted by Crippen LogP contribution is -2.54. The molecule has 2 fully saturated rings. The van der Waals surface area contributed by atoms with Gasteiger partial charge in [0.25, 0.3) is 5.89 Å². The quantitative estimate of drug-likeness (QED) is 0.600. The average molecular weight is 474 g/mol. The molecule has 0 saturated carbocycles. The van der Waals surface area contributed by atoms with Crippen molar-refractivity contribution in [1.29, 1.82) is 0 Å². The number of alkyl halides is 1. The van der Waals surface area contributed by atoms with Gasteiger partial charge in [0.15, 0.2) is 11.6 Å². The molecule has 0 amide bonds. The molecule has 2 aliphatic rings. The molecule has 0 spiro atoms. The summed E-state index contributed by atoms with van der Waals surface area (Å²) < 4.78 is 46.5. The number of fused-ring (bicyclic) bond motifs is 1. The van der Waals surface area contributed by atoms with E-state index >= 15 is 4.39 Å². The van der Waals surface area contributed by atoms with Gasteiger partial charge >= 0.3 is 0 Å². The van der Waals surface area contributed by atoms with E-state index in [0.717, 1.165) is 18.4 Å². The van der Waals surface area contributed by atoms with Gasteiger partial charge in [-0.2, -0.15) is 4.98 Å². The lowest BCUT2D eigenvalue weighted by molar-refractivity contribution is 0.0684. The third kappa shape index (κ3) is 4.32. The molecule has 4 heterocycles. The minimum Gasteiger partial charge on any atom is -0.497 e. The van der Waals surface area contributed by atoms with Crippen LogP contribution in [0, 0.1) is 19.7 Å². The third-order valence-electron chi connectivity index (χ3n) is 6.75. The van der Waals surface area contributed by atoms with Crippen LogP contribution >= 0.6 is 0 Å². The Kier molecular flexibility index (Phi) is 6.35. The third-order valence-corrected chi connectivity index (χ3v) is 6.75. The molecule has 3 aromatic rings. The zero-order valence-corrected chi connectivity index (χ0v) is 19.6. The normalized spacial score (nSPS) is 21.9. The molecule has 0 unspecified atom stereocenters. The predicted molar refractivity (Wildman–Crippen MR) is 124 cm³/mol. The number of piperidine rings is 1. The Hall–Kier alpha value is -2.85. The maximum Gasteiger partial charge on any atom is 0.261 e. The summed E-state index contributed by atoms with van der Waals surface area (Å²) in [5, 5.41) is 7.98. The van der Waals surface area contributed by atoms with E-state index in [9.17, 15) is 4.39 Å². The van der Waals surface area contributed by atoms with Crippen LogP contribution in [0.5, 0.6) is 5.75 Å². The lowest BCUT2D eigenvalue weighted by Gasteiger charge is -2.39. The number of halogens is 2. The topological polar surface area (TPSA) is 85.5 Å². The summed E-state index contributed by atoms with van der Waals surface area (Å²) in [6.07, 6.45) is 1.28. The Morgan fingerprint density at radius 2 is 1.94 bits per heavy atom. The van der Waals surface area contributed by atoms with Crippen LogP contribution in [0.2, 0.25) is 0 Å². The van der Waals surface area contributed by atoms with Gasteiger partial charge in [-0.1, -0.05) is 5.16 Å². The number of nitrogens with one attached hydrogen (secondary N) is 1. The maximum absolute atomic E-state index is 15.4. The highest BCUT2D eigenvalue weighted by atomic mass is 19.1. The molecule has 1 aromatic carbocycles. The zero-order chi connectivity index (χ0) is 23.8. The van der Waals surface area contributed by atoms with E-state index in [2.05, 4.69) is 20.4 Å². The largest absolute Gasteiger partial charge is 0.497 e. The van der Waals surface area contributed by atoms with Gasteiger partial charge in [0.1, 0.15) is 23.3 Å². The monoisotopic (exact) mass is 473 g/mol. The molecule has 2 aromatic heterocycles. The highest BCUT2D eigenvalue weighted by molar-refractivity contribution is 5.93. The minimum atomic E-state index is -1.10. The van der Waals surface area contributed by atoms with Gasteiger partial charge in [0.05, 0.1) is 19.2 Å². The van der Waals surface area contributed by atoms with Crippen LogP contribution in [-0.2, 0) is 4.74 Å². The molecule has 2 aliphatic heterocycles. The Balaban J connectivity index is 1.51. The first-order chi connectivity index (χ1) is 16.4. The highest BCUT2D eigenvalue weighted by Crippen LogP contribution is 2.39. The molecule has 2 atom stereocenters. The first-order valence-electron chi connectivity index (χ1n) is 11.7.